The second-order valence-corrected chi connectivity index (χ2v) is 5.50. The van der Waals surface area contributed by atoms with Gasteiger partial charge in [-0.25, -0.2) is 15.0 Å². The third-order valence-electron chi connectivity index (χ3n) is 3.46. The minimum Gasteiger partial charge on any atom is -0.387 e. The van der Waals surface area contributed by atoms with Crippen LogP contribution in [0.5, 0.6) is 0 Å². The maximum absolute atomic E-state index is 10.2. The molecule has 21 heavy (non-hydrogen) atoms. The van der Waals surface area contributed by atoms with Crippen LogP contribution in [0, 0.1) is 0 Å². The first kappa shape index (κ1) is 14.7. The molecule has 0 aliphatic carbocycles. The van der Waals surface area contributed by atoms with E-state index in [0.29, 0.717) is 11.2 Å². The van der Waals surface area contributed by atoms with E-state index in [4.69, 9.17) is 9.47 Å². The lowest BCUT2D eigenvalue weighted by atomic mass is 10.1. The Labute approximate surface area is 125 Å². The third kappa shape index (κ3) is 2.40. The minimum absolute atomic E-state index is 0.201. The van der Waals surface area contributed by atoms with Gasteiger partial charge < -0.3 is 19.7 Å². The summed E-state index contributed by atoms with van der Waals surface area (Å²) in [5.41, 5.74) is 1.20. The number of hydrogen-bond acceptors (Lipinski definition) is 8. The normalized spacial score (nSPS) is 29.3. The van der Waals surface area contributed by atoms with Crippen LogP contribution in [-0.4, -0.2) is 68.0 Å². The molecule has 1 aliphatic rings. The van der Waals surface area contributed by atoms with E-state index in [-0.39, 0.29) is 6.61 Å². The molecule has 1 aliphatic heterocycles. The van der Waals surface area contributed by atoms with E-state index in [1.54, 1.807) is 4.57 Å². The number of imidazole rings is 1. The Morgan fingerprint density at radius 1 is 1.33 bits per heavy atom. The largest absolute Gasteiger partial charge is 0.387 e. The van der Waals surface area contributed by atoms with Crippen LogP contribution in [0.1, 0.15) is 6.23 Å². The standard InChI is InChI=1S/C12H16N4O4S/c1-19-3-6-8(17)9(18)12(20-6)16-5-15-7-10(16)13-4-14-11(7)21-2/h4-6,8-9,12,17-18H,3H2,1-2H3/t6-,8-,9-,12-/m1/s1. The van der Waals surface area contributed by atoms with Crippen LogP contribution in [0.15, 0.2) is 17.7 Å². The van der Waals surface area contributed by atoms with Crippen molar-refractivity contribution in [2.75, 3.05) is 20.0 Å². The molecule has 0 unspecified atom stereocenters. The van der Waals surface area contributed by atoms with E-state index in [1.165, 1.54) is 31.5 Å². The molecule has 3 heterocycles. The van der Waals surface area contributed by atoms with Gasteiger partial charge in [0.2, 0.25) is 0 Å². The molecule has 8 nitrogen and oxygen atoms in total. The fraction of sp³-hybridized carbons (Fsp3) is 0.583. The molecule has 0 spiro atoms. The SMILES string of the molecule is COC[C@H]1O[C@@H](n2cnc3c(SC)ncnc32)[C@H](O)[C@@H]1O. The Kier molecular flexibility index (Phi) is 4.09. The summed E-state index contributed by atoms with van der Waals surface area (Å²) < 4.78 is 12.3. The predicted molar refractivity (Wildman–Crippen MR) is 74.9 cm³/mol. The quantitative estimate of drug-likeness (QED) is 0.592. The van der Waals surface area contributed by atoms with Crippen LogP contribution in [-0.2, 0) is 9.47 Å². The Hall–Kier alpha value is -1.26. The van der Waals surface area contributed by atoms with E-state index in [1.807, 2.05) is 6.26 Å². The molecular weight excluding hydrogens is 296 g/mol. The number of thioether (sulfide) groups is 1. The summed E-state index contributed by atoms with van der Waals surface area (Å²) >= 11 is 1.46. The summed E-state index contributed by atoms with van der Waals surface area (Å²) in [4.78, 5) is 12.6. The highest BCUT2D eigenvalue weighted by atomic mass is 32.2. The van der Waals surface area contributed by atoms with Crippen molar-refractivity contribution in [3.05, 3.63) is 12.7 Å². The van der Waals surface area contributed by atoms with Crippen molar-refractivity contribution >= 4 is 22.9 Å². The summed E-state index contributed by atoms with van der Waals surface area (Å²) in [5, 5.41) is 20.9. The highest BCUT2D eigenvalue weighted by molar-refractivity contribution is 7.98. The number of hydrogen-bond donors (Lipinski definition) is 2. The molecule has 0 amide bonds. The first-order chi connectivity index (χ1) is 10.2. The van der Waals surface area contributed by atoms with E-state index in [9.17, 15) is 10.2 Å². The number of rotatable bonds is 4. The zero-order chi connectivity index (χ0) is 15.0. The second-order valence-electron chi connectivity index (χ2n) is 4.71. The van der Waals surface area contributed by atoms with Crippen molar-refractivity contribution in [3.8, 4) is 0 Å². The zero-order valence-corrected chi connectivity index (χ0v) is 12.4. The smallest absolute Gasteiger partial charge is 0.166 e. The Bertz CT molecular complexity index is 637. The average molecular weight is 312 g/mol. The lowest BCUT2D eigenvalue weighted by molar-refractivity contribution is -0.0580. The van der Waals surface area contributed by atoms with Crippen LogP contribution in [0.25, 0.3) is 11.2 Å². The zero-order valence-electron chi connectivity index (χ0n) is 11.6. The molecule has 114 valence electrons. The van der Waals surface area contributed by atoms with E-state index in [2.05, 4.69) is 15.0 Å². The van der Waals surface area contributed by atoms with Crippen LogP contribution >= 0.6 is 11.8 Å². The number of nitrogens with zero attached hydrogens (tertiary/aromatic N) is 4. The Morgan fingerprint density at radius 3 is 2.86 bits per heavy atom. The van der Waals surface area contributed by atoms with Gasteiger partial charge in [-0.15, -0.1) is 11.8 Å². The first-order valence-corrected chi connectivity index (χ1v) is 7.62. The molecule has 3 rings (SSSR count). The maximum Gasteiger partial charge on any atom is 0.166 e. The van der Waals surface area contributed by atoms with Crippen LogP contribution in [0.2, 0.25) is 0 Å². The topological polar surface area (TPSA) is 103 Å². The Balaban J connectivity index is 1.98. The summed E-state index contributed by atoms with van der Waals surface area (Å²) in [6.45, 7) is 0.201. The minimum atomic E-state index is -1.07. The monoisotopic (exact) mass is 312 g/mol. The highest BCUT2D eigenvalue weighted by Gasteiger charge is 2.44. The molecule has 9 heteroatoms. The molecule has 1 saturated heterocycles. The number of methoxy groups -OCH3 is 1. The first-order valence-electron chi connectivity index (χ1n) is 6.39. The molecule has 0 saturated carbocycles. The van der Waals surface area contributed by atoms with E-state index >= 15 is 0 Å². The van der Waals surface area contributed by atoms with Gasteiger partial charge in [-0.2, -0.15) is 0 Å². The van der Waals surface area contributed by atoms with Crippen molar-refractivity contribution in [1.29, 1.82) is 0 Å². The van der Waals surface area contributed by atoms with Crippen LogP contribution in [0.4, 0.5) is 0 Å². The number of aromatic nitrogens is 4. The van der Waals surface area contributed by atoms with Gasteiger partial charge in [0.1, 0.15) is 35.2 Å². The van der Waals surface area contributed by atoms with E-state index < -0.39 is 24.5 Å². The van der Waals surface area contributed by atoms with Crippen molar-refractivity contribution in [2.45, 2.75) is 29.6 Å². The lowest BCUT2D eigenvalue weighted by Gasteiger charge is -2.16. The molecule has 0 bridgehead atoms. The summed E-state index contributed by atoms with van der Waals surface area (Å²) in [7, 11) is 1.51. The van der Waals surface area contributed by atoms with Gasteiger partial charge >= 0.3 is 0 Å². The van der Waals surface area contributed by atoms with Gasteiger partial charge in [0.05, 0.1) is 12.9 Å². The third-order valence-corrected chi connectivity index (χ3v) is 4.15. The van der Waals surface area contributed by atoms with Gasteiger partial charge in [-0.3, -0.25) is 4.57 Å². The average Bonchev–Trinajstić information content (AvgIpc) is 3.04. The maximum atomic E-state index is 10.2. The van der Waals surface area contributed by atoms with Crippen LogP contribution in [0.3, 0.4) is 0 Å². The summed E-state index contributed by atoms with van der Waals surface area (Å²) in [6, 6.07) is 0. The van der Waals surface area contributed by atoms with Crippen molar-refractivity contribution in [3.63, 3.8) is 0 Å². The molecule has 1 fully saturated rings. The van der Waals surface area contributed by atoms with Crippen LogP contribution < -0.4 is 0 Å². The number of ether oxygens (including phenoxy) is 2. The van der Waals surface area contributed by atoms with Gasteiger partial charge in [0.25, 0.3) is 0 Å². The van der Waals surface area contributed by atoms with Crippen molar-refractivity contribution < 1.29 is 19.7 Å². The predicted octanol–water partition coefficient (Wildman–Crippen LogP) is -0.186. The highest BCUT2D eigenvalue weighted by Crippen LogP contribution is 2.32. The van der Waals surface area contributed by atoms with Crippen molar-refractivity contribution in [1.82, 2.24) is 19.5 Å². The number of fused-ring (bicyclic) bond motifs is 1. The molecular formula is C12H16N4O4S. The van der Waals surface area contributed by atoms with Gasteiger partial charge in [-0.05, 0) is 6.26 Å². The van der Waals surface area contributed by atoms with Gasteiger partial charge in [-0.1, -0.05) is 0 Å². The Morgan fingerprint density at radius 2 is 2.14 bits per heavy atom. The molecule has 0 radical (unpaired) electrons. The fourth-order valence-corrected chi connectivity index (χ4v) is 2.92. The molecule has 4 atom stereocenters. The molecule has 2 N–H and O–H groups in total. The number of aliphatic hydroxyl groups excluding tert-OH is 2. The summed E-state index contributed by atoms with van der Waals surface area (Å²) in [6.07, 6.45) is 1.44. The lowest BCUT2D eigenvalue weighted by Crippen LogP contribution is -2.33. The molecule has 0 aromatic carbocycles. The summed E-state index contributed by atoms with van der Waals surface area (Å²) in [5.74, 6) is 0. The molecule has 2 aromatic rings. The van der Waals surface area contributed by atoms with Gasteiger partial charge in [0.15, 0.2) is 11.9 Å². The van der Waals surface area contributed by atoms with Gasteiger partial charge in [0, 0.05) is 7.11 Å². The second kappa shape index (κ2) is 5.85. The fourth-order valence-electron chi connectivity index (χ4n) is 2.43. The number of aliphatic hydroxyl groups is 2. The molecule has 2 aromatic heterocycles. The van der Waals surface area contributed by atoms with Crippen molar-refractivity contribution in [2.24, 2.45) is 0 Å². The van der Waals surface area contributed by atoms with E-state index in [0.717, 1.165) is 5.03 Å².